The minimum absolute atomic E-state index is 1.10. The normalized spacial score (nSPS) is 11.5. The van der Waals surface area contributed by atoms with Crippen molar-refractivity contribution in [1.82, 2.24) is 4.57 Å². The van der Waals surface area contributed by atoms with Crippen molar-refractivity contribution < 1.29 is 0 Å². The fourth-order valence-corrected chi connectivity index (χ4v) is 9.71. The third-order valence-electron chi connectivity index (χ3n) is 11.2. The molecule has 0 spiro atoms. The third kappa shape index (κ3) is 5.71. The number of nitrogens with zero attached hydrogens (tertiary/aromatic N) is 2. The van der Waals surface area contributed by atoms with Crippen LogP contribution in [0.25, 0.3) is 81.0 Å². The van der Waals surface area contributed by atoms with Crippen molar-refractivity contribution in [3.05, 3.63) is 218 Å². The summed E-state index contributed by atoms with van der Waals surface area (Å²) in [5, 5.41) is 5.06. The number of anilines is 3. The van der Waals surface area contributed by atoms with Crippen LogP contribution in [0.5, 0.6) is 0 Å². The van der Waals surface area contributed by atoms with Gasteiger partial charge in [0.2, 0.25) is 0 Å². The zero-order valence-corrected chi connectivity index (χ0v) is 31.9. The number of rotatable bonds is 7. The Bertz CT molecular complexity index is 3220. The van der Waals surface area contributed by atoms with E-state index in [-0.39, 0.29) is 0 Å². The standard InChI is InChI=1S/C54H36N2S/c1-4-15-37(16-5-1)38-27-29-40(30-28-38)45-23-14-25-50-54(45)48-34-32-42(35-51(48)56(50)41-19-8-3-9-20-41)55(49-24-12-10-21-44(49)39-17-6-2-7-18-39)43-31-33-47-46-22-11-13-26-52(46)57-53(47)36-43/h1-36H. The molecule has 0 unspecified atom stereocenters. The van der Waals surface area contributed by atoms with Crippen LogP contribution in [0.4, 0.5) is 17.1 Å². The summed E-state index contributed by atoms with van der Waals surface area (Å²) in [5.74, 6) is 0. The van der Waals surface area contributed by atoms with Crippen LogP contribution in [0.2, 0.25) is 0 Å². The summed E-state index contributed by atoms with van der Waals surface area (Å²) in [7, 11) is 0. The lowest BCUT2D eigenvalue weighted by molar-refractivity contribution is 1.18. The summed E-state index contributed by atoms with van der Waals surface area (Å²) in [5.41, 5.74) is 14.1. The highest BCUT2D eigenvalue weighted by molar-refractivity contribution is 7.25. The van der Waals surface area contributed by atoms with Crippen molar-refractivity contribution >= 4 is 70.4 Å². The monoisotopic (exact) mass is 744 g/mol. The van der Waals surface area contributed by atoms with Gasteiger partial charge in [-0.25, -0.2) is 0 Å². The van der Waals surface area contributed by atoms with Crippen LogP contribution in [-0.4, -0.2) is 4.57 Å². The molecule has 0 saturated heterocycles. The highest BCUT2D eigenvalue weighted by Crippen LogP contribution is 2.46. The first-order valence-electron chi connectivity index (χ1n) is 19.4. The van der Waals surface area contributed by atoms with Crippen LogP contribution in [0.15, 0.2) is 218 Å². The first-order valence-corrected chi connectivity index (χ1v) is 20.2. The van der Waals surface area contributed by atoms with E-state index in [4.69, 9.17) is 0 Å². The van der Waals surface area contributed by atoms with E-state index < -0.39 is 0 Å². The van der Waals surface area contributed by atoms with Crippen LogP contribution in [0.1, 0.15) is 0 Å². The Balaban J connectivity index is 1.15. The molecule has 0 amide bonds. The molecule has 0 N–H and O–H groups in total. The molecule has 0 bridgehead atoms. The van der Waals surface area contributed by atoms with E-state index in [1.165, 1.54) is 69.8 Å². The van der Waals surface area contributed by atoms with E-state index in [1.807, 2.05) is 11.3 Å². The smallest absolute Gasteiger partial charge is 0.0562 e. The Hall–Kier alpha value is -7.20. The van der Waals surface area contributed by atoms with Gasteiger partial charge in [-0.15, -0.1) is 11.3 Å². The van der Waals surface area contributed by atoms with E-state index in [0.717, 1.165) is 28.3 Å². The minimum Gasteiger partial charge on any atom is -0.310 e. The molecule has 0 fully saturated rings. The maximum atomic E-state index is 2.45. The third-order valence-corrected chi connectivity index (χ3v) is 12.3. The lowest BCUT2D eigenvalue weighted by atomic mass is 9.97. The van der Waals surface area contributed by atoms with E-state index in [2.05, 4.69) is 228 Å². The molecule has 57 heavy (non-hydrogen) atoms. The fraction of sp³-hybridized carbons (Fsp3) is 0. The number of benzene rings is 9. The summed E-state index contributed by atoms with van der Waals surface area (Å²) in [6.07, 6.45) is 0. The van der Waals surface area contributed by atoms with E-state index in [0.29, 0.717) is 0 Å². The van der Waals surface area contributed by atoms with Crippen molar-refractivity contribution in [2.45, 2.75) is 0 Å². The van der Waals surface area contributed by atoms with Crippen LogP contribution >= 0.6 is 11.3 Å². The van der Waals surface area contributed by atoms with Gasteiger partial charge in [0, 0.05) is 53.6 Å². The first kappa shape index (κ1) is 33.2. The number of fused-ring (bicyclic) bond motifs is 6. The van der Waals surface area contributed by atoms with Gasteiger partial charge >= 0.3 is 0 Å². The summed E-state index contributed by atoms with van der Waals surface area (Å²) in [6, 6.07) is 79.4. The van der Waals surface area contributed by atoms with Gasteiger partial charge in [-0.1, -0.05) is 164 Å². The lowest BCUT2D eigenvalue weighted by Gasteiger charge is -2.28. The van der Waals surface area contributed by atoms with Gasteiger partial charge in [0.05, 0.1) is 16.7 Å². The Morgan fingerprint density at radius 2 is 0.912 bits per heavy atom. The quantitative estimate of drug-likeness (QED) is 0.158. The second kappa shape index (κ2) is 13.8. The highest BCUT2D eigenvalue weighted by Gasteiger charge is 2.22. The van der Waals surface area contributed by atoms with Gasteiger partial charge < -0.3 is 9.47 Å². The summed E-state index contributed by atoms with van der Waals surface area (Å²) in [4.78, 5) is 2.45. The summed E-state index contributed by atoms with van der Waals surface area (Å²) >= 11 is 1.86. The second-order valence-corrected chi connectivity index (χ2v) is 15.6. The predicted molar refractivity (Wildman–Crippen MR) is 245 cm³/mol. The summed E-state index contributed by atoms with van der Waals surface area (Å²) in [6.45, 7) is 0. The number of hydrogen-bond donors (Lipinski definition) is 0. The molecule has 0 aliphatic heterocycles. The fourth-order valence-electron chi connectivity index (χ4n) is 8.57. The molecular weight excluding hydrogens is 709 g/mol. The zero-order chi connectivity index (χ0) is 37.7. The molecule has 0 atom stereocenters. The average Bonchev–Trinajstić information content (AvgIpc) is 3.83. The molecule has 0 aliphatic carbocycles. The molecule has 0 aliphatic rings. The van der Waals surface area contributed by atoms with Gasteiger partial charge in [0.15, 0.2) is 0 Å². The van der Waals surface area contributed by atoms with Gasteiger partial charge in [-0.2, -0.15) is 0 Å². The Morgan fingerprint density at radius 3 is 1.70 bits per heavy atom. The molecule has 11 aromatic rings. The maximum absolute atomic E-state index is 2.45. The van der Waals surface area contributed by atoms with Crippen molar-refractivity contribution in [3.63, 3.8) is 0 Å². The predicted octanol–water partition coefficient (Wildman–Crippen LogP) is 15.6. The molecule has 2 heterocycles. The molecule has 0 saturated carbocycles. The number of thiophene rings is 1. The molecule has 2 nitrogen and oxygen atoms in total. The van der Waals surface area contributed by atoms with Crippen molar-refractivity contribution in [2.75, 3.05) is 4.90 Å². The minimum atomic E-state index is 1.10. The molecular formula is C54H36N2S. The molecule has 0 radical (unpaired) electrons. The molecule has 268 valence electrons. The molecule has 2 aromatic heterocycles. The maximum Gasteiger partial charge on any atom is 0.0562 e. The topological polar surface area (TPSA) is 8.17 Å². The van der Waals surface area contributed by atoms with Gasteiger partial charge in [0.1, 0.15) is 0 Å². The van der Waals surface area contributed by atoms with Crippen molar-refractivity contribution in [2.24, 2.45) is 0 Å². The van der Waals surface area contributed by atoms with Crippen LogP contribution < -0.4 is 4.90 Å². The van der Waals surface area contributed by atoms with E-state index in [9.17, 15) is 0 Å². The molecule has 9 aromatic carbocycles. The number of aromatic nitrogens is 1. The van der Waals surface area contributed by atoms with Crippen LogP contribution in [-0.2, 0) is 0 Å². The van der Waals surface area contributed by atoms with Gasteiger partial charge in [0.25, 0.3) is 0 Å². The zero-order valence-electron chi connectivity index (χ0n) is 31.1. The lowest BCUT2D eigenvalue weighted by Crippen LogP contribution is -2.11. The number of para-hydroxylation sites is 2. The Morgan fingerprint density at radius 1 is 0.351 bits per heavy atom. The SMILES string of the molecule is c1ccc(-c2ccc(-c3cccc4c3c3ccc(N(c5ccc6c(c5)sc5ccccc56)c5ccccc5-c5ccccc5)cc3n4-c3ccccc3)cc2)cc1. The Kier molecular flexibility index (Phi) is 8.04. The van der Waals surface area contributed by atoms with E-state index in [1.54, 1.807) is 0 Å². The molecule has 3 heteroatoms. The van der Waals surface area contributed by atoms with Crippen molar-refractivity contribution in [3.8, 4) is 39.1 Å². The average molecular weight is 745 g/mol. The van der Waals surface area contributed by atoms with Crippen LogP contribution in [0, 0.1) is 0 Å². The first-order chi connectivity index (χ1) is 28.3. The second-order valence-electron chi connectivity index (χ2n) is 14.5. The van der Waals surface area contributed by atoms with Gasteiger partial charge in [-0.3, -0.25) is 0 Å². The number of hydrogen-bond acceptors (Lipinski definition) is 2. The van der Waals surface area contributed by atoms with Crippen LogP contribution in [0.3, 0.4) is 0 Å². The summed E-state index contributed by atoms with van der Waals surface area (Å²) < 4.78 is 5.02. The van der Waals surface area contributed by atoms with Gasteiger partial charge in [-0.05, 0) is 82.4 Å². The molecule has 11 rings (SSSR count). The largest absolute Gasteiger partial charge is 0.310 e. The Labute approximate surface area is 335 Å². The van der Waals surface area contributed by atoms with Crippen molar-refractivity contribution in [1.29, 1.82) is 0 Å². The van der Waals surface area contributed by atoms with E-state index >= 15 is 0 Å². The highest BCUT2D eigenvalue weighted by atomic mass is 32.1.